The summed E-state index contributed by atoms with van der Waals surface area (Å²) in [7, 11) is 2.36. The Balaban J connectivity index is 0.00000192. The average Bonchev–Trinajstić information content (AvgIpc) is 2.58. The monoisotopic (exact) mass is 440 g/mol. The van der Waals surface area contributed by atoms with E-state index in [4.69, 9.17) is 0 Å². The van der Waals surface area contributed by atoms with E-state index in [1.165, 1.54) is 40.8 Å². The fourth-order valence-electron chi connectivity index (χ4n) is 2.90. The van der Waals surface area contributed by atoms with E-state index in [9.17, 15) is 0 Å². The van der Waals surface area contributed by atoms with Gasteiger partial charge in [0, 0.05) is 9.79 Å². The molecule has 124 valence electrons. The number of hydrogen-bond acceptors (Lipinski definition) is 2. The number of anilines is 2. The second kappa shape index (κ2) is 7.90. The van der Waals surface area contributed by atoms with Gasteiger partial charge in [-0.1, -0.05) is 36.0 Å². The first-order chi connectivity index (χ1) is 10.7. The molecule has 0 aliphatic carbocycles. The van der Waals surface area contributed by atoms with Crippen molar-refractivity contribution in [3.63, 3.8) is 0 Å². The van der Waals surface area contributed by atoms with Crippen molar-refractivity contribution < 1.29 is 28.5 Å². The summed E-state index contributed by atoms with van der Waals surface area (Å²) in [6.45, 7) is 9.17. The Bertz CT molecular complexity index is 610. The summed E-state index contributed by atoms with van der Waals surface area (Å²) in [6, 6.07) is 17.5. The van der Waals surface area contributed by atoms with Crippen LogP contribution < -0.4 is 28.9 Å². The highest BCUT2D eigenvalue weighted by Gasteiger charge is 2.25. The summed E-state index contributed by atoms with van der Waals surface area (Å²) < 4.78 is 1.12. The minimum atomic E-state index is 0. The Morgan fingerprint density at radius 1 is 0.870 bits per heavy atom. The first-order valence-corrected chi connectivity index (χ1v) is 8.95. The van der Waals surface area contributed by atoms with Crippen molar-refractivity contribution in [3.8, 4) is 0 Å². The summed E-state index contributed by atoms with van der Waals surface area (Å²) in [6.07, 6.45) is 0. The van der Waals surface area contributed by atoms with E-state index in [1.807, 2.05) is 11.8 Å². The van der Waals surface area contributed by atoms with Gasteiger partial charge in [0.15, 0.2) is 0 Å². The number of nitrogens with zero attached hydrogens (tertiary/aromatic N) is 2. The van der Waals surface area contributed by atoms with E-state index >= 15 is 0 Å². The third-order valence-corrected chi connectivity index (χ3v) is 6.05. The van der Waals surface area contributed by atoms with Crippen molar-refractivity contribution in [1.82, 2.24) is 0 Å². The highest BCUT2D eigenvalue weighted by molar-refractivity contribution is 7.99. The van der Waals surface area contributed by atoms with Crippen LogP contribution in [0.3, 0.4) is 0 Å². The van der Waals surface area contributed by atoms with Crippen LogP contribution in [-0.2, 0) is 0 Å². The summed E-state index contributed by atoms with van der Waals surface area (Å²) in [5.41, 5.74) is 2.70. The quantitative estimate of drug-likeness (QED) is 0.515. The summed E-state index contributed by atoms with van der Waals surface area (Å²) >= 11 is 1.88. The standard InChI is InChI=1S/C19H25N2S.HI/c1-4-21(3,5-2)15-14-20-16-10-6-8-12-18(16)22-19-13-9-7-11-17(19)20;/h6-13H,4-5,14-15H2,1-3H3;1H/q+1;/p-1. The Hall–Kier alpha value is -0.720. The zero-order valence-corrected chi connectivity index (χ0v) is 17.1. The Kier molecular flexibility index (Phi) is 6.40. The maximum absolute atomic E-state index is 2.50. The van der Waals surface area contributed by atoms with Gasteiger partial charge in [-0.05, 0) is 38.1 Å². The number of hydrogen-bond donors (Lipinski definition) is 0. The zero-order chi connectivity index (χ0) is 15.6. The van der Waals surface area contributed by atoms with Gasteiger partial charge >= 0.3 is 0 Å². The molecule has 1 aliphatic rings. The van der Waals surface area contributed by atoms with Crippen LogP contribution in [-0.4, -0.2) is 37.7 Å². The molecule has 0 atom stereocenters. The molecule has 0 fully saturated rings. The van der Waals surface area contributed by atoms with Gasteiger partial charge in [0.05, 0.1) is 44.6 Å². The summed E-state index contributed by atoms with van der Waals surface area (Å²) in [5, 5.41) is 0. The molecule has 1 heterocycles. The molecule has 2 aromatic carbocycles. The molecular formula is C19H25IN2S. The minimum Gasteiger partial charge on any atom is -1.00 e. The Labute approximate surface area is 161 Å². The highest BCUT2D eigenvalue weighted by atomic mass is 127. The van der Waals surface area contributed by atoms with Crippen molar-refractivity contribution >= 4 is 23.1 Å². The van der Waals surface area contributed by atoms with Crippen LogP contribution in [0, 0.1) is 0 Å². The first kappa shape index (κ1) is 18.6. The molecule has 0 aromatic heterocycles. The van der Waals surface area contributed by atoms with Crippen LogP contribution in [0.2, 0.25) is 0 Å². The molecule has 0 amide bonds. The topological polar surface area (TPSA) is 3.24 Å². The lowest BCUT2D eigenvalue weighted by Gasteiger charge is -2.37. The van der Waals surface area contributed by atoms with Gasteiger partial charge < -0.3 is 33.4 Å². The molecular weight excluding hydrogens is 415 g/mol. The number of rotatable bonds is 5. The number of halogens is 1. The Morgan fingerprint density at radius 3 is 1.83 bits per heavy atom. The van der Waals surface area contributed by atoms with E-state index in [0.717, 1.165) is 11.0 Å². The lowest BCUT2D eigenvalue weighted by atomic mass is 10.2. The van der Waals surface area contributed by atoms with Gasteiger partial charge in [-0.3, -0.25) is 0 Å². The molecule has 23 heavy (non-hydrogen) atoms. The number of fused-ring (bicyclic) bond motifs is 2. The van der Waals surface area contributed by atoms with Crippen molar-refractivity contribution in [2.75, 3.05) is 38.1 Å². The highest BCUT2D eigenvalue weighted by Crippen LogP contribution is 2.47. The second-order valence-corrected chi connectivity index (χ2v) is 7.25. The molecule has 3 rings (SSSR count). The van der Waals surface area contributed by atoms with E-state index in [-0.39, 0.29) is 24.0 Å². The second-order valence-electron chi connectivity index (χ2n) is 6.16. The van der Waals surface area contributed by atoms with Crippen molar-refractivity contribution in [1.29, 1.82) is 0 Å². The summed E-state index contributed by atoms with van der Waals surface area (Å²) in [4.78, 5) is 5.23. The molecule has 0 saturated heterocycles. The van der Waals surface area contributed by atoms with Crippen LogP contribution in [0.1, 0.15) is 13.8 Å². The minimum absolute atomic E-state index is 0. The number of para-hydroxylation sites is 2. The van der Waals surface area contributed by atoms with Crippen LogP contribution >= 0.6 is 11.8 Å². The molecule has 0 unspecified atom stereocenters. The largest absolute Gasteiger partial charge is 1.00 e. The molecule has 4 heteroatoms. The van der Waals surface area contributed by atoms with E-state index in [2.05, 4.69) is 74.3 Å². The maximum Gasteiger partial charge on any atom is 0.0966 e. The van der Waals surface area contributed by atoms with Crippen molar-refractivity contribution in [2.45, 2.75) is 23.6 Å². The zero-order valence-electron chi connectivity index (χ0n) is 14.1. The first-order valence-electron chi connectivity index (χ1n) is 8.14. The van der Waals surface area contributed by atoms with Crippen molar-refractivity contribution in [3.05, 3.63) is 48.5 Å². The molecule has 2 nitrogen and oxygen atoms in total. The van der Waals surface area contributed by atoms with Gasteiger partial charge in [-0.25, -0.2) is 0 Å². The van der Waals surface area contributed by atoms with Crippen LogP contribution in [0.25, 0.3) is 0 Å². The number of likely N-dealkylation sites (N-methyl/N-ethyl adjacent to an activating group) is 1. The fourth-order valence-corrected chi connectivity index (χ4v) is 4.00. The molecule has 0 N–H and O–H groups in total. The van der Waals surface area contributed by atoms with Gasteiger partial charge in [0.1, 0.15) is 0 Å². The molecule has 0 spiro atoms. The average molecular weight is 440 g/mol. The van der Waals surface area contributed by atoms with Gasteiger partial charge in [0.25, 0.3) is 0 Å². The van der Waals surface area contributed by atoms with Gasteiger partial charge in [0.2, 0.25) is 0 Å². The molecule has 2 aromatic rings. The van der Waals surface area contributed by atoms with Crippen LogP contribution in [0.4, 0.5) is 11.4 Å². The molecule has 0 saturated carbocycles. The number of quaternary nitrogens is 1. The molecule has 0 bridgehead atoms. The third-order valence-electron chi connectivity index (χ3n) is 4.92. The van der Waals surface area contributed by atoms with Gasteiger partial charge in [-0.15, -0.1) is 0 Å². The lowest BCUT2D eigenvalue weighted by Crippen LogP contribution is -3.00. The van der Waals surface area contributed by atoms with E-state index in [0.29, 0.717) is 0 Å². The lowest BCUT2D eigenvalue weighted by molar-refractivity contribution is -0.904. The van der Waals surface area contributed by atoms with Crippen LogP contribution in [0.5, 0.6) is 0 Å². The molecule has 0 radical (unpaired) electrons. The predicted octanol–water partition coefficient (Wildman–Crippen LogP) is 1.78. The van der Waals surface area contributed by atoms with Crippen LogP contribution in [0.15, 0.2) is 58.3 Å². The Morgan fingerprint density at radius 2 is 1.35 bits per heavy atom. The van der Waals surface area contributed by atoms with E-state index in [1.54, 1.807) is 0 Å². The fraction of sp³-hybridized carbons (Fsp3) is 0.368. The third kappa shape index (κ3) is 3.86. The predicted molar refractivity (Wildman–Crippen MR) is 96.1 cm³/mol. The summed E-state index contributed by atoms with van der Waals surface area (Å²) in [5.74, 6) is 0. The SMILES string of the molecule is CC[N+](C)(CC)CCN1c2ccccc2Sc2ccccc21.[I-]. The maximum atomic E-state index is 2.50. The smallest absolute Gasteiger partial charge is 0.0966 e. The number of benzene rings is 2. The van der Waals surface area contributed by atoms with E-state index < -0.39 is 0 Å². The normalized spacial score (nSPS) is 13.1. The van der Waals surface area contributed by atoms with Gasteiger partial charge in [-0.2, -0.15) is 0 Å². The molecule has 1 aliphatic heterocycles. The van der Waals surface area contributed by atoms with Crippen molar-refractivity contribution in [2.24, 2.45) is 0 Å².